The van der Waals surface area contributed by atoms with E-state index in [1.54, 1.807) is 6.92 Å². The number of carbonyl (C=O) groups is 1. The summed E-state index contributed by atoms with van der Waals surface area (Å²) in [5.41, 5.74) is 0.683. The van der Waals surface area contributed by atoms with Crippen LogP contribution in [0.4, 0.5) is 0 Å². The van der Waals surface area contributed by atoms with Crippen molar-refractivity contribution in [2.45, 2.75) is 13.0 Å². The molecule has 0 aromatic carbocycles. The molecular weight excluding hydrogens is 190 g/mol. The molecule has 1 N–H and O–H groups in total. The number of hydrogen-bond acceptors (Lipinski definition) is 5. The summed E-state index contributed by atoms with van der Waals surface area (Å²) in [5, 5.41) is 6.59. The monoisotopic (exact) mass is 199 g/mol. The van der Waals surface area contributed by atoms with Crippen LogP contribution >= 0.6 is 11.5 Å². The first-order valence-corrected chi connectivity index (χ1v) is 4.72. The number of aryl methyl sites for hydroxylation is 1. The van der Waals surface area contributed by atoms with Crippen LogP contribution in [0.3, 0.4) is 0 Å². The first-order chi connectivity index (χ1) is 6.27. The fourth-order valence-corrected chi connectivity index (χ4v) is 1.57. The summed E-state index contributed by atoms with van der Waals surface area (Å²) in [5.74, 6) is -0.0965. The molecular formula is C7H9N3O2S. The van der Waals surface area contributed by atoms with Crippen molar-refractivity contribution in [3.8, 4) is 0 Å². The third-order valence-corrected chi connectivity index (χ3v) is 2.66. The second-order valence-electron chi connectivity index (χ2n) is 2.90. The number of hydrogen-bond donors (Lipinski definition) is 1. The average molecular weight is 199 g/mol. The highest BCUT2D eigenvalue weighted by atomic mass is 32.1. The summed E-state index contributed by atoms with van der Waals surface area (Å²) in [4.78, 5) is 12.1. The number of nitrogens with one attached hydrogen (secondary N) is 1. The molecule has 70 valence electrons. The van der Waals surface area contributed by atoms with E-state index in [4.69, 9.17) is 4.74 Å². The lowest BCUT2D eigenvalue weighted by Gasteiger charge is -2.26. The molecule has 1 fully saturated rings. The van der Waals surface area contributed by atoms with Crippen molar-refractivity contribution in [3.63, 3.8) is 0 Å². The van der Waals surface area contributed by atoms with Crippen LogP contribution in [0.25, 0.3) is 0 Å². The molecule has 0 aliphatic carbocycles. The van der Waals surface area contributed by atoms with Gasteiger partial charge in [0, 0.05) is 0 Å². The number of nitrogens with zero attached hydrogens (tertiary/aromatic N) is 2. The predicted octanol–water partition coefficient (Wildman–Crippen LogP) is -0.0249. The molecule has 0 spiro atoms. The van der Waals surface area contributed by atoms with E-state index in [-0.39, 0.29) is 11.9 Å². The molecule has 1 aliphatic rings. The molecule has 0 radical (unpaired) electrons. The van der Waals surface area contributed by atoms with E-state index in [1.165, 1.54) is 0 Å². The van der Waals surface area contributed by atoms with Crippen molar-refractivity contribution in [3.05, 3.63) is 10.6 Å². The minimum Gasteiger partial charge on any atom is -0.377 e. The Kier molecular flexibility index (Phi) is 2.24. The largest absolute Gasteiger partial charge is 0.377 e. The molecule has 1 amide bonds. The Hall–Kier alpha value is -1.01. The minimum absolute atomic E-state index is 0.0965. The van der Waals surface area contributed by atoms with E-state index in [2.05, 4.69) is 14.9 Å². The summed E-state index contributed by atoms with van der Waals surface area (Å²) in [7, 11) is 0. The van der Waals surface area contributed by atoms with E-state index >= 15 is 0 Å². The topological polar surface area (TPSA) is 64.1 Å². The minimum atomic E-state index is -0.0965. The van der Waals surface area contributed by atoms with Gasteiger partial charge in [-0.2, -0.15) is 0 Å². The number of aromatic nitrogens is 2. The zero-order valence-electron chi connectivity index (χ0n) is 7.11. The Morgan fingerprint density at radius 3 is 2.92 bits per heavy atom. The maximum absolute atomic E-state index is 11.5. The maximum atomic E-state index is 11.5. The lowest BCUT2D eigenvalue weighted by atomic mass is 10.2. The zero-order valence-corrected chi connectivity index (χ0v) is 7.93. The summed E-state index contributed by atoms with van der Waals surface area (Å²) in [6.07, 6.45) is 0. The van der Waals surface area contributed by atoms with Crippen molar-refractivity contribution in [1.29, 1.82) is 0 Å². The van der Waals surface area contributed by atoms with Gasteiger partial charge in [0.25, 0.3) is 5.91 Å². The zero-order chi connectivity index (χ0) is 9.26. The second-order valence-corrected chi connectivity index (χ2v) is 3.65. The van der Waals surface area contributed by atoms with Gasteiger partial charge in [0.05, 0.1) is 24.9 Å². The van der Waals surface area contributed by atoms with Gasteiger partial charge >= 0.3 is 0 Å². The van der Waals surface area contributed by atoms with Gasteiger partial charge in [-0.25, -0.2) is 0 Å². The predicted molar refractivity (Wildman–Crippen MR) is 46.7 cm³/mol. The van der Waals surface area contributed by atoms with Crippen LogP contribution in [0.5, 0.6) is 0 Å². The van der Waals surface area contributed by atoms with Crippen LogP contribution in [-0.2, 0) is 4.74 Å². The van der Waals surface area contributed by atoms with Crippen molar-refractivity contribution < 1.29 is 9.53 Å². The van der Waals surface area contributed by atoms with E-state index < -0.39 is 0 Å². The second kappa shape index (κ2) is 3.39. The van der Waals surface area contributed by atoms with Gasteiger partial charge in [-0.05, 0) is 18.5 Å². The van der Waals surface area contributed by atoms with Gasteiger partial charge in [0.2, 0.25) is 0 Å². The molecule has 1 saturated heterocycles. The van der Waals surface area contributed by atoms with E-state index in [0.717, 1.165) is 11.5 Å². The first kappa shape index (κ1) is 8.58. The summed E-state index contributed by atoms with van der Waals surface area (Å²) < 4.78 is 8.63. The van der Waals surface area contributed by atoms with Gasteiger partial charge < -0.3 is 10.1 Å². The van der Waals surface area contributed by atoms with Crippen molar-refractivity contribution in [2.75, 3.05) is 13.2 Å². The SMILES string of the molecule is Cc1nnsc1C(=O)NC1COC1. The molecule has 5 nitrogen and oxygen atoms in total. The smallest absolute Gasteiger partial charge is 0.265 e. The van der Waals surface area contributed by atoms with Crippen LogP contribution in [0.2, 0.25) is 0 Å². The van der Waals surface area contributed by atoms with Crippen LogP contribution < -0.4 is 5.32 Å². The summed E-state index contributed by atoms with van der Waals surface area (Å²) >= 11 is 1.12. The van der Waals surface area contributed by atoms with Crippen LogP contribution in [0.1, 0.15) is 15.4 Å². The first-order valence-electron chi connectivity index (χ1n) is 3.95. The van der Waals surface area contributed by atoms with Gasteiger partial charge in [-0.15, -0.1) is 5.10 Å². The van der Waals surface area contributed by atoms with Gasteiger partial charge in [-0.1, -0.05) is 4.49 Å². The van der Waals surface area contributed by atoms with Crippen molar-refractivity contribution in [2.24, 2.45) is 0 Å². The highest BCUT2D eigenvalue weighted by molar-refractivity contribution is 7.07. The molecule has 0 atom stereocenters. The molecule has 2 rings (SSSR count). The van der Waals surface area contributed by atoms with Crippen molar-refractivity contribution >= 4 is 17.4 Å². The molecule has 6 heteroatoms. The lowest BCUT2D eigenvalue weighted by Crippen LogP contribution is -2.48. The fraction of sp³-hybridized carbons (Fsp3) is 0.571. The molecule has 0 saturated carbocycles. The number of rotatable bonds is 2. The fourth-order valence-electron chi connectivity index (χ4n) is 1.01. The van der Waals surface area contributed by atoms with Gasteiger partial charge in [-0.3, -0.25) is 4.79 Å². The number of ether oxygens (including phenoxy) is 1. The molecule has 13 heavy (non-hydrogen) atoms. The Morgan fingerprint density at radius 1 is 1.69 bits per heavy atom. The molecule has 1 aromatic heterocycles. The van der Waals surface area contributed by atoms with E-state index in [0.29, 0.717) is 23.8 Å². The normalized spacial score (nSPS) is 16.7. The third-order valence-electron chi connectivity index (χ3n) is 1.83. The van der Waals surface area contributed by atoms with Crippen LogP contribution in [-0.4, -0.2) is 34.7 Å². The molecule has 2 heterocycles. The van der Waals surface area contributed by atoms with Gasteiger partial charge in [0.1, 0.15) is 4.88 Å². The Balaban J connectivity index is 2.00. The quantitative estimate of drug-likeness (QED) is 0.726. The summed E-state index contributed by atoms with van der Waals surface area (Å²) in [6, 6.07) is 0.161. The number of amides is 1. The Bertz CT molecular complexity index is 321. The lowest BCUT2D eigenvalue weighted by molar-refractivity contribution is -0.00340. The standard InChI is InChI=1S/C7H9N3O2S/c1-4-6(13-10-9-4)7(11)8-5-2-12-3-5/h5H,2-3H2,1H3,(H,8,11). The summed E-state index contributed by atoms with van der Waals surface area (Å²) in [6.45, 7) is 2.99. The van der Waals surface area contributed by atoms with Crippen molar-refractivity contribution in [1.82, 2.24) is 14.9 Å². The van der Waals surface area contributed by atoms with Gasteiger partial charge in [0.15, 0.2) is 0 Å². The molecule has 1 aliphatic heterocycles. The Morgan fingerprint density at radius 2 is 2.46 bits per heavy atom. The van der Waals surface area contributed by atoms with Crippen LogP contribution in [0, 0.1) is 6.92 Å². The van der Waals surface area contributed by atoms with E-state index in [1.807, 2.05) is 0 Å². The molecule has 1 aromatic rings. The molecule has 0 bridgehead atoms. The maximum Gasteiger partial charge on any atom is 0.265 e. The average Bonchev–Trinajstić information content (AvgIpc) is 2.43. The number of carbonyl (C=O) groups excluding carboxylic acids is 1. The highest BCUT2D eigenvalue weighted by Gasteiger charge is 2.22. The Labute approximate surface area is 79.3 Å². The van der Waals surface area contributed by atoms with E-state index in [9.17, 15) is 4.79 Å². The highest BCUT2D eigenvalue weighted by Crippen LogP contribution is 2.10. The third kappa shape index (κ3) is 1.68. The molecule has 0 unspecified atom stereocenters. The van der Waals surface area contributed by atoms with Crippen LogP contribution in [0.15, 0.2) is 0 Å².